The third-order valence-corrected chi connectivity index (χ3v) is 12.9. The number of unbranched alkanes of at least 4 members (excludes halogenated alkanes) is 7. The molecule has 0 radical (unpaired) electrons. The number of Topliss-reactive ketones (excluding diaryl/α,β-unsaturated/α-hetero) is 2. The number of rotatable bonds is 15. The van der Waals surface area contributed by atoms with Gasteiger partial charge in [0.15, 0.2) is 11.5 Å². The van der Waals surface area contributed by atoms with E-state index < -0.39 is 7.26 Å². The van der Waals surface area contributed by atoms with Crippen molar-refractivity contribution in [3.63, 3.8) is 0 Å². The number of carbonyl (C=O) groups is 2. The molecule has 214 valence electrons. The van der Waals surface area contributed by atoms with Crippen LogP contribution in [0.25, 0.3) is 0 Å². The van der Waals surface area contributed by atoms with Crippen molar-refractivity contribution in [3.05, 3.63) is 113 Å². The molecule has 0 amide bonds. The molecule has 0 saturated heterocycles. The zero-order valence-electron chi connectivity index (χ0n) is 24.9. The first-order valence-electron chi connectivity index (χ1n) is 15.1. The van der Waals surface area contributed by atoms with Gasteiger partial charge in [-0.2, -0.15) is 0 Å². The number of carbonyl (C=O) groups excluding carboxylic acids is 2. The summed E-state index contributed by atoms with van der Waals surface area (Å²) in [6.45, 7) is 3.45. The molecule has 0 fully saturated rings. The maximum Gasteiger partial charge on any atom is 0.224 e. The summed E-state index contributed by atoms with van der Waals surface area (Å²) in [7, 11) is -0.275. The average molecular weight is 568 g/mol. The van der Waals surface area contributed by atoms with Gasteiger partial charge < -0.3 is 4.74 Å². The van der Waals surface area contributed by atoms with Crippen molar-refractivity contribution >= 4 is 34.7 Å². The number of benzene rings is 3. The standard InChI is InChI=1S/C37H44O3P/c1-29-34(35(38)30(2)37(40-3)36(29)39)27-19-8-6-4-5-7-9-20-28-41(31-21-13-10-14-22-31,32-23-15-11-16-24-32)33-25-17-12-18-26-33/h10-18,21-26H,4-9,19-20,27-28H2,1-3H3/q+1. The second-order valence-corrected chi connectivity index (χ2v) is 14.7. The van der Waals surface area contributed by atoms with E-state index in [4.69, 9.17) is 4.74 Å². The Labute approximate surface area is 247 Å². The molecule has 3 aromatic carbocycles. The summed E-state index contributed by atoms with van der Waals surface area (Å²) in [6.07, 6.45) is 11.2. The van der Waals surface area contributed by atoms with Crippen LogP contribution in [0.2, 0.25) is 0 Å². The normalized spacial score (nSPS) is 14.1. The Morgan fingerprint density at radius 1 is 0.537 bits per heavy atom. The quantitative estimate of drug-likeness (QED) is 0.107. The molecule has 1 aliphatic carbocycles. The summed E-state index contributed by atoms with van der Waals surface area (Å²) < 4.78 is 5.17. The van der Waals surface area contributed by atoms with Crippen molar-refractivity contribution in [1.29, 1.82) is 0 Å². The first kappa shape index (κ1) is 30.7. The summed E-state index contributed by atoms with van der Waals surface area (Å²) in [5, 5.41) is 4.39. The Balaban J connectivity index is 1.27. The average Bonchev–Trinajstić information content (AvgIpc) is 3.02. The van der Waals surface area contributed by atoms with Crippen LogP contribution in [0, 0.1) is 0 Å². The van der Waals surface area contributed by atoms with Crippen LogP contribution in [-0.2, 0) is 14.3 Å². The molecule has 1 aliphatic rings. The highest BCUT2D eigenvalue weighted by atomic mass is 31.2. The minimum atomic E-state index is -1.73. The van der Waals surface area contributed by atoms with E-state index in [2.05, 4.69) is 91.0 Å². The molecule has 0 N–H and O–H groups in total. The van der Waals surface area contributed by atoms with Crippen molar-refractivity contribution < 1.29 is 14.3 Å². The van der Waals surface area contributed by atoms with E-state index in [1.807, 2.05) is 0 Å². The molecule has 0 unspecified atom stereocenters. The molecule has 0 atom stereocenters. The fraction of sp³-hybridized carbons (Fsp3) is 0.351. The van der Waals surface area contributed by atoms with Gasteiger partial charge in [-0.15, -0.1) is 0 Å². The molecule has 0 bridgehead atoms. The topological polar surface area (TPSA) is 43.4 Å². The molecule has 4 heteroatoms. The minimum absolute atomic E-state index is 0.0284. The lowest BCUT2D eigenvalue weighted by Crippen LogP contribution is -2.33. The molecule has 3 nitrogen and oxygen atoms in total. The van der Waals surface area contributed by atoms with Gasteiger partial charge in [-0.25, -0.2) is 0 Å². The van der Waals surface area contributed by atoms with Crippen LogP contribution in [0.4, 0.5) is 0 Å². The van der Waals surface area contributed by atoms with Gasteiger partial charge in [0, 0.05) is 16.7 Å². The van der Waals surface area contributed by atoms with Crippen LogP contribution >= 0.6 is 7.26 Å². The van der Waals surface area contributed by atoms with Crippen molar-refractivity contribution in [1.82, 2.24) is 0 Å². The predicted molar refractivity (Wildman–Crippen MR) is 174 cm³/mol. The summed E-state index contributed by atoms with van der Waals surface area (Å²) in [6, 6.07) is 33.4. The van der Waals surface area contributed by atoms with E-state index in [0.29, 0.717) is 23.1 Å². The summed E-state index contributed by atoms with van der Waals surface area (Å²) in [4.78, 5) is 25.2. The molecule has 3 aromatic rings. The van der Waals surface area contributed by atoms with Gasteiger partial charge in [0.05, 0.1) is 13.3 Å². The van der Waals surface area contributed by atoms with Crippen molar-refractivity contribution in [2.24, 2.45) is 0 Å². The Hall–Kier alpha value is -3.29. The number of ketones is 2. The molecule has 4 rings (SSSR count). The van der Waals surface area contributed by atoms with Crippen LogP contribution in [0.1, 0.15) is 71.6 Å². The van der Waals surface area contributed by atoms with E-state index in [1.54, 1.807) is 13.8 Å². The molecule has 0 heterocycles. The highest BCUT2D eigenvalue weighted by Crippen LogP contribution is 2.56. The van der Waals surface area contributed by atoms with E-state index in [-0.39, 0.29) is 17.3 Å². The summed E-state index contributed by atoms with van der Waals surface area (Å²) in [5.41, 5.74) is 1.67. The van der Waals surface area contributed by atoms with Crippen LogP contribution in [0.15, 0.2) is 113 Å². The lowest BCUT2D eigenvalue weighted by atomic mass is 9.86. The third kappa shape index (κ3) is 7.14. The van der Waals surface area contributed by atoms with Gasteiger partial charge in [0.25, 0.3) is 0 Å². The lowest BCUT2D eigenvalue weighted by molar-refractivity contribution is -0.118. The SMILES string of the molecule is COC1=C(C)C(=O)C(CCCCCCCCCC[P+](c2ccccc2)(c2ccccc2)c2ccccc2)=C(C)C1=O. The maximum absolute atomic E-state index is 12.7. The lowest BCUT2D eigenvalue weighted by Gasteiger charge is -2.27. The number of allylic oxidation sites excluding steroid dienone is 3. The minimum Gasteiger partial charge on any atom is -0.492 e. The van der Waals surface area contributed by atoms with E-state index in [9.17, 15) is 9.59 Å². The van der Waals surface area contributed by atoms with Crippen LogP contribution in [0.5, 0.6) is 0 Å². The van der Waals surface area contributed by atoms with Gasteiger partial charge in [0.1, 0.15) is 23.2 Å². The molecule has 0 saturated carbocycles. The van der Waals surface area contributed by atoms with Gasteiger partial charge in [-0.3, -0.25) is 9.59 Å². The molecular formula is C37H44O3P+. The first-order chi connectivity index (χ1) is 20.0. The zero-order valence-corrected chi connectivity index (χ0v) is 25.8. The number of methoxy groups -OCH3 is 1. The third-order valence-electron chi connectivity index (χ3n) is 8.42. The highest BCUT2D eigenvalue weighted by molar-refractivity contribution is 7.95. The first-order valence-corrected chi connectivity index (χ1v) is 17.1. The number of hydrogen-bond acceptors (Lipinski definition) is 3. The smallest absolute Gasteiger partial charge is 0.224 e. The van der Waals surface area contributed by atoms with E-state index in [1.165, 1.54) is 67.7 Å². The fourth-order valence-corrected chi connectivity index (χ4v) is 10.5. The van der Waals surface area contributed by atoms with Crippen molar-refractivity contribution in [2.45, 2.75) is 71.6 Å². The van der Waals surface area contributed by atoms with Gasteiger partial charge in [-0.1, -0.05) is 86.7 Å². The highest BCUT2D eigenvalue weighted by Gasteiger charge is 2.44. The number of hydrogen-bond donors (Lipinski definition) is 0. The Morgan fingerprint density at radius 3 is 1.39 bits per heavy atom. The van der Waals surface area contributed by atoms with Crippen LogP contribution < -0.4 is 15.9 Å². The van der Waals surface area contributed by atoms with Gasteiger partial charge in [-0.05, 0) is 75.9 Å². The Bertz CT molecular complexity index is 1260. The van der Waals surface area contributed by atoms with Gasteiger partial charge >= 0.3 is 0 Å². The molecule has 41 heavy (non-hydrogen) atoms. The molecule has 0 aromatic heterocycles. The molecule has 0 spiro atoms. The predicted octanol–water partition coefficient (Wildman–Crippen LogP) is 7.88. The van der Waals surface area contributed by atoms with Crippen molar-refractivity contribution in [3.8, 4) is 0 Å². The van der Waals surface area contributed by atoms with E-state index >= 15 is 0 Å². The number of ether oxygens (including phenoxy) is 1. The monoisotopic (exact) mass is 567 g/mol. The van der Waals surface area contributed by atoms with Gasteiger partial charge in [0.2, 0.25) is 5.78 Å². The van der Waals surface area contributed by atoms with E-state index in [0.717, 1.165) is 12.8 Å². The largest absolute Gasteiger partial charge is 0.492 e. The van der Waals surface area contributed by atoms with Crippen LogP contribution in [0.3, 0.4) is 0 Å². The molecule has 0 aliphatic heterocycles. The summed E-state index contributed by atoms with van der Waals surface area (Å²) in [5.74, 6) is 0.0316. The Kier molecular flexibility index (Phi) is 11.3. The van der Waals surface area contributed by atoms with Crippen molar-refractivity contribution in [2.75, 3.05) is 13.3 Å². The maximum atomic E-state index is 12.7. The fourth-order valence-electron chi connectivity index (χ4n) is 6.12. The second kappa shape index (κ2) is 15.1. The summed E-state index contributed by atoms with van der Waals surface area (Å²) >= 11 is 0. The zero-order chi connectivity index (χ0) is 29.1. The molecular weight excluding hydrogens is 523 g/mol. The van der Waals surface area contributed by atoms with Crippen LogP contribution in [-0.4, -0.2) is 24.8 Å². The Morgan fingerprint density at radius 2 is 0.951 bits per heavy atom. The second-order valence-electron chi connectivity index (χ2n) is 11.0.